The minimum Gasteiger partial charge on any atom is -0.463 e. The smallest absolute Gasteiger partial charge is 0.374 e. The number of aliphatic hydroxyl groups excluding tert-OH is 1. The molecule has 0 fully saturated rings. The van der Waals surface area contributed by atoms with Gasteiger partial charge in [-0.3, -0.25) is 5.32 Å². The summed E-state index contributed by atoms with van der Waals surface area (Å²) < 4.78 is 10.3. The average Bonchev–Trinajstić information content (AvgIpc) is 3.14. The van der Waals surface area contributed by atoms with E-state index in [0.717, 1.165) is 24.0 Å². The number of hydrogen-bond acceptors (Lipinski definition) is 5. The molecule has 5 heteroatoms. The normalized spacial score (nSPS) is 19.6. The fourth-order valence-corrected chi connectivity index (χ4v) is 3.28. The summed E-state index contributed by atoms with van der Waals surface area (Å²) in [6.45, 7) is 2.27. The summed E-state index contributed by atoms with van der Waals surface area (Å²) >= 11 is 0. The van der Waals surface area contributed by atoms with Crippen LogP contribution in [0.5, 0.6) is 0 Å². The van der Waals surface area contributed by atoms with E-state index in [0.29, 0.717) is 12.3 Å². The van der Waals surface area contributed by atoms with Crippen LogP contribution in [0.1, 0.15) is 39.4 Å². The van der Waals surface area contributed by atoms with E-state index in [2.05, 4.69) is 17.4 Å². The molecule has 23 heavy (non-hydrogen) atoms. The van der Waals surface area contributed by atoms with E-state index in [1.54, 1.807) is 0 Å². The monoisotopic (exact) mass is 315 g/mol. The average molecular weight is 315 g/mol. The minimum atomic E-state index is -0.475. The number of benzene rings is 1. The van der Waals surface area contributed by atoms with Gasteiger partial charge in [-0.1, -0.05) is 24.3 Å². The zero-order valence-corrected chi connectivity index (χ0v) is 13.4. The summed E-state index contributed by atoms with van der Waals surface area (Å²) in [6.07, 6.45) is 1.78. The molecule has 1 aliphatic rings. The van der Waals surface area contributed by atoms with Crippen molar-refractivity contribution in [3.8, 4) is 0 Å². The topological polar surface area (TPSA) is 71.7 Å². The van der Waals surface area contributed by atoms with E-state index in [9.17, 15) is 9.90 Å². The van der Waals surface area contributed by atoms with Crippen molar-refractivity contribution >= 4 is 5.97 Å². The first-order valence-corrected chi connectivity index (χ1v) is 7.71. The fraction of sp³-hybridized carbons (Fsp3) is 0.389. The van der Waals surface area contributed by atoms with Gasteiger partial charge < -0.3 is 14.3 Å². The van der Waals surface area contributed by atoms with E-state index in [4.69, 9.17) is 9.15 Å². The van der Waals surface area contributed by atoms with Gasteiger partial charge in [-0.15, -0.1) is 0 Å². The van der Waals surface area contributed by atoms with Crippen molar-refractivity contribution in [1.82, 2.24) is 5.32 Å². The highest BCUT2D eigenvalue weighted by Crippen LogP contribution is 2.36. The fourth-order valence-electron chi connectivity index (χ4n) is 3.28. The van der Waals surface area contributed by atoms with Gasteiger partial charge in [0.1, 0.15) is 5.76 Å². The van der Waals surface area contributed by atoms with Crippen LogP contribution < -0.4 is 5.32 Å². The summed E-state index contributed by atoms with van der Waals surface area (Å²) in [6, 6.07) is 9.98. The van der Waals surface area contributed by atoms with Crippen molar-refractivity contribution in [2.45, 2.75) is 31.8 Å². The van der Waals surface area contributed by atoms with Gasteiger partial charge in [-0.2, -0.15) is 0 Å². The SMILES string of the molecule is COC(=O)c1oc(CNC2(CO)CCc3ccccc32)cc1C. The van der Waals surface area contributed by atoms with Crippen LogP contribution in [0.25, 0.3) is 0 Å². The molecule has 0 bridgehead atoms. The summed E-state index contributed by atoms with van der Waals surface area (Å²) in [7, 11) is 1.33. The van der Waals surface area contributed by atoms with Crippen molar-refractivity contribution in [2.75, 3.05) is 13.7 Å². The molecule has 0 amide bonds. The van der Waals surface area contributed by atoms with E-state index in [-0.39, 0.29) is 12.4 Å². The predicted molar refractivity (Wildman–Crippen MR) is 85.2 cm³/mol. The van der Waals surface area contributed by atoms with Gasteiger partial charge >= 0.3 is 5.97 Å². The maximum atomic E-state index is 11.6. The number of carbonyl (C=O) groups is 1. The van der Waals surface area contributed by atoms with Crippen LogP contribution in [0.3, 0.4) is 0 Å². The Morgan fingerprint density at radius 3 is 2.96 bits per heavy atom. The number of carbonyl (C=O) groups excluding carboxylic acids is 1. The molecule has 1 atom stereocenters. The molecular weight excluding hydrogens is 294 g/mol. The molecular formula is C18H21NO4. The Balaban J connectivity index is 1.79. The maximum absolute atomic E-state index is 11.6. The standard InChI is InChI=1S/C18H21NO4/c1-12-9-14(23-16(12)17(21)22-2)10-19-18(11-20)8-7-13-5-3-4-6-15(13)18/h3-6,9,19-20H,7-8,10-11H2,1-2H3. The lowest BCUT2D eigenvalue weighted by molar-refractivity contribution is 0.0561. The van der Waals surface area contributed by atoms with Crippen LogP contribution in [0.2, 0.25) is 0 Å². The molecule has 0 aliphatic heterocycles. The summed E-state index contributed by atoms with van der Waals surface area (Å²) in [5.74, 6) is 0.408. The second-order valence-corrected chi connectivity index (χ2v) is 5.97. The van der Waals surface area contributed by atoms with Crippen LogP contribution >= 0.6 is 0 Å². The highest BCUT2D eigenvalue weighted by atomic mass is 16.5. The maximum Gasteiger partial charge on any atom is 0.374 e. The molecule has 2 aromatic rings. The molecule has 2 N–H and O–H groups in total. The third-order valence-electron chi connectivity index (χ3n) is 4.56. The second kappa shape index (κ2) is 6.18. The first-order valence-electron chi connectivity index (χ1n) is 7.71. The number of rotatable bonds is 5. The van der Waals surface area contributed by atoms with Gasteiger partial charge in [0.2, 0.25) is 5.76 Å². The molecule has 5 nitrogen and oxygen atoms in total. The lowest BCUT2D eigenvalue weighted by Crippen LogP contribution is -2.43. The van der Waals surface area contributed by atoms with Crippen LogP contribution in [0.15, 0.2) is 34.7 Å². The van der Waals surface area contributed by atoms with Gasteiger partial charge in [-0.25, -0.2) is 4.79 Å². The number of hydrogen-bond donors (Lipinski definition) is 2. The van der Waals surface area contributed by atoms with Gasteiger partial charge in [-0.05, 0) is 37.0 Å². The Kier molecular flexibility index (Phi) is 4.24. The van der Waals surface area contributed by atoms with Gasteiger partial charge in [0.05, 0.1) is 25.8 Å². The second-order valence-electron chi connectivity index (χ2n) is 5.97. The zero-order chi connectivity index (χ0) is 16.4. The Hall–Kier alpha value is -2.11. The third kappa shape index (κ3) is 2.78. The van der Waals surface area contributed by atoms with Crippen molar-refractivity contribution < 1.29 is 19.1 Å². The summed E-state index contributed by atoms with van der Waals surface area (Å²) in [4.78, 5) is 11.6. The lowest BCUT2D eigenvalue weighted by atomic mass is 9.92. The molecule has 3 rings (SSSR count). The van der Waals surface area contributed by atoms with Crippen molar-refractivity contribution in [1.29, 1.82) is 0 Å². The Bertz CT molecular complexity index is 722. The highest BCUT2D eigenvalue weighted by Gasteiger charge is 2.37. The van der Waals surface area contributed by atoms with E-state index in [1.807, 2.05) is 25.1 Å². The molecule has 1 heterocycles. The zero-order valence-electron chi connectivity index (χ0n) is 13.4. The third-order valence-corrected chi connectivity index (χ3v) is 4.56. The molecule has 0 spiro atoms. The van der Waals surface area contributed by atoms with Crippen molar-refractivity contribution in [3.05, 3.63) is 58.5 Å². The Morgan fingerprint density at radius 1 is 1.43 bits per heavy atom. The molecule has 1 unspecified atom stereocenters. The largest absolute Gasteiger partial charge is 0.463 e. The number of aryl methyl sites for hydroxylation is 2. The minimum absolute atomic E-state index is 0.0214. The van der Waals surface area contributed by atoms with Crippen LogP contribution in [0, 0.1) is 6.92 Å². The number of nitrogens with one attached hydrogen (secondary N) is 1. The molecule has 0 radical (unpaired) electrons. The van der Waals surface area contributed by atoms with E-state index < -0.39 is 11.5 Å². The van der Waals surface area contributed by atoms with Gasteiger partial charge in [0, 0.05) is 5.56 Å². The van der Waals surface area contributed by atoms with Crippen LogP contribution in [0.4, 0.5) is 0 Å². The van der Waals surface area contributed by atoms with Crippen LogP contribution in [-0.2, 0) is 23.2 Å². The summed E-state index contributed by atoms with van der Waals surface area (Å²) in [5, 5.41) is 13.4. The molecule has 122 valence electrons. The number of ether oxygens (including phenoxy) is 1. The van der Waals surface area contributed by atoms with E-state index in [1.165, 1.54) is 12.7 Å². The first kappa shape index (κ1) is 15.8. The van der Waals surface area contributed by atoms with Crippen LogP contribution in [-0.4, -0.2) is 24.8 Å². The number of furan rings is 1. The number of fused-ring (bicyclic) bond motifs is 1. The predicted octanol–water partition coefficient (Wildman–Crippen LogP) is 2.30. The van der Waals surface area contributed by atoms with Crippen molar-refractivity contribution in [3.63, 3.8) is 0 Å². The number of esters is 1. The number of methoxy groups -OCH3 is 1. The molecule has 1 aromatic heterocycles. The highest BCUT2D eigenvalue weighted by molar-refractivity contribution is 5.87. The van der Waals surface area contributed by atoms with E-state index >= 15 is 0 Å². The number of aliphatic hydroxyl groups is 1. The molecule has 0 saturated carbocycles. The first-order chi connectivity index (χ1) is 11.1. The molecule has 0 saturated heterocycles. The van der Waals surface area contributed by atoms with Gasteiger partial charge in [0.25, 0.3) is 0 Å². The molecule has 1 aromatic carbocycles. The summed E-state index contributed by atoms with van der Waals surface area (Å²) in [5.41, 5.74) is 2.69. The Morgan fingerprint density at radius 2 is 2.22 bits per heavy atom. The van der Waals surface area contributed by atoms with Crippen molar-refractivity contribution in [2.24, 2.45) is 0 Å². The quantitative estimate of drug-likeness (QED) is 0.828. The van der Waals surface area contributed by atoms with Gasteiger partial charge in [0.15, 0.2) is 0 Å². The molecule has 1 aliphatic carbocycles. The lowest BCUT2D eigenvalue weighted by Gasteiger charge is -2.29. The Labute approximate surface area is 135 Å².